The third-order valence-electron chi connectivity index (χ3n) is 3.45. The van der Waals surface area contributed by atoms with E-state index in [4.69, 9.17) is 9.47 Å². The number of nitrogens with zero attached hydrogens (tertiary/aromatic N) is 2. The van der Waals surface area contributed by atoms with Crippen molar-refractivity contribution in [3.05, 3.63) is 42.2 Å². The van der Waals surface area contributed by atoms with Crippen LogP contribution in [0.15, 0.2) is 24.4 Å². The second kappa shape index (κ2) is 6.18. The van der Waals surface area contributed by atoms with E-state index in [2.05, 4.69) is 16.4 Å². The number of hydrogen-bond donors (Lipinski definition) is 0. The Hall–Kier alpha value is -2.01. The Bertz CT molecular complexity index is 667. The minimum atomic E-state index is -0.401. The highest BCUT2D eigenvalue weighted by Crippen LogP contribution is 2.23. The Balaban J connectivity index is 1.99. The molecule has 1 aliphatic rings. The summed E-state index contributed by atoms with van der Waals surface area (Å²) < 4.78 is 24.7. The SMILES string of the molecule is COc1ccc2ncc(F)c(C=CC3CC[CH]CO3)c2n1. The van der Waals surface area contributed by atoms with Gasteiger partial charge in [0.2, 0.25) is 5.88 Å². The first-order valence-electron chi connectivity index (χ1n) is 6.88. The molecule has 0 saturated carbocycles. The Morgan fingerprint density at radius 1 is 1.43 bits per heavy atom. The largest absolute Gasteiger partial charge is 0.481 e. The normalized spacial score (nSPS) is 19.2. The molecule has 2 aromatic rings. The van der Waals surface area contributed by atoms with Gasteiger partial charge in [0.15, 0.2) is 5.82 Å². The molecule has 0 aliphatic carbocycles. The van der Waals surface area contributed by atoms with Crippen LogP contribution >= 0.6 is 0 Å². The molecule has 109 valence electrons. The zero-order chi connectivity index (χ0) is 14.7. The van der Waals surface area contributed by atoms with Gasteiger partial charge in [0, 0.05) is 11.6 Å². The smallest absolute Gasteiger partial charge is 0.213 e. The predicted molar refractivity (Wildman–Crippen MR) is 78.4 cm³/mol. The average molecular weight is 287 g/mol. The summed E-state index contributed by atoms with van der Waals surface area (Å²) in [4.78, 5) is 8.34. The second-order valence-corrected chi connectivity index (χ2v) is 4.84. The molecule has 0 amide bonds. The fourth-order valence-corrected chi connectivity index (χ4v) is 2.31. The molecule has 5 heteroatoms. The summed E-state index contributed by atoms with van der Waals surface area (Å²) in [5.41, 5.74) is 1.54. The molecule has 21 heavy (non-hydrogen) atoms. The number of halogens is 1. The van der Waals surface area contributed by atoms with E-state index in [0.717, 1.165) is 12.8 Å². The average Bonchev–Trinajstić information content (AvgIpc) is 2.54. The van der Waals surface area contributed by atoms with Crippen LogP contribution in [0.5, 0.6) is 5.88 Å². The van der Waals surface area contributed by atoms with E-state index in [1.54, 1.807) is 18.2 Å². The highest BCUT2D eigenvalue weighted by atomic mass is 19.1. The summed E-state index contributed by atoms with van der Waals surface area (Å²) in [6.07, 6.45) is 8.86. The van der Waals surface area contributed by atoms with Gasteiger partial charge < -0.3 is 9.47 Å². The quantitative estimate of drug-likeness (QED) is 0.869. The highest BCUT2D eigenvalue weighted by molar-refractivity contribution is 5.84. The number of rotatable bonds is 3. The summed E-state index contributed by atoms with van der Waals surface area (Å²) in [7, 11) is 1.53. The number of aromatic nitrogens is 2. The van der Waals surface area contributed by atoms with E-state index in [1.165, 1.54) is 13.3 Å². The number of pyridine rings is 2. The Morgan fingerprint density at radius 2 is 2.33 bits per heavy atom. The van der Waals surface area contributed by atoms with E-state index < -0.39 is 5.82 Å². The molecular weight excluding hydrogens is 271 g/mol. The molecule has 1 aliphatic heterocycles. The lowest BCUT2D eigenvalue weighted by Gasteiger charge is -2.19. The van der Waals surface area contributed by atoms with Gasteiger partial charge in [-0.3, -0.25) is 4.98 Å². The van der Waals surface area contributed by atoms with Crippen LogP contribution in [0.25, 0.3) is 17.1 Å². The third kappa shape index (κ3) is 3.03. The van der Waals surface area contributed by atoms with Gasteiger partial charge in [0.05, 0.1) is 31.5 Å². The van der Waals surface area contributed by atoms with Crippen molar-refractivity contribution >= 4 is 17.1 Å². The predicted octanol–water partition coefficient (Wildman–Crippen LogP) is 3.17. The zero-order valence-electron chi connectivity index (χ0n) is 11.8. The standard InChI is InChI=1S/C16H16FN2O2/c1-20-15-8-7-14-16(19-15)12(13(17)10-18-14)6-5-11-4-2-3-9-21-11/h3,5-8,10-11H,2,4,9H2,1H3. The van der Waals surface area contributed by atoms with Crippen molar-refractivity contribution < 1.29 is 13.9 Å². The first-order valence-corrected chi connectivity index (χ1v) is 6.88. The summed E-state index contributed by atoms with van der Waals surface area (Å²) in [5.74, 6) is 0.0370. The van der Waals surface area contributed by atoms with Crippen molar-refractivity contribution in [2.45, 2.75) is 18.9 Å². The maximum absolute atomic E-state index is 14.1. The monoisotopic (exact) mass is 287 g/mol. The van der Waals surface area contributed by atoms with E-state index in [-0.39, 0.29) is 6.10 Å². The van der Waals surface area contributed by atoms with Crippen molar-refractivity contribution in [1.82, 2.24) is 9.97 Å². The summed E-state index contributed by atoms with van der Waals surface area (Å²) in [5, 5.41) is 0. The lowest BCUT2D eigenvalue weighted by atomic mass is 10.1. The number of methoxy groups -OCH3 is 1. The molecule has 0 aromatic carbocycles. The molecule has 0 spiro atoms. The fraction of sp³-hybridized carbons (Fsp3) is 0.312. The maximum atomic E-state index is 14.1. The van der Waals surface area contributed by atoms with Crippen LogP contribution in [0.1, 0.15) is 18.4 Å². The molecule has 3 rings (SSSR count). The van der Waals surface area contributed by atoms with Crippen molar-refractivity contribution in [1.29, 1.82) is 0 Å². The third-order valence-corrected chi connectivity index (χ3v) is 3.45. The van der Waals surface area contributed by atoms with Crippen LogP contribution in [0.3, 0.4) is 0 Å². The topological polar surface area (TPSA) is 44.2 Å². The van der Waals surface area contributed by atoms with Crippen molar-refractivity contribution in [2.24, 2.45) is 0 Å². The van der Waals surface area contributed by atoms with Gasteiger partial charge in [-0.15, -0.1) is 0 Å². The van der Waals surface area contributed by atoms with Crippen LogP contribution in [0.4, 0.5) is 4.39 Å². The van der Waals surface area contributed by atoms with Gasteiger partial charge in [0.1, 0.15) is 5.52 Å². The Kier molecular flexibility index (Phi) is 4.10. The fourth-order valence-electron chi connectivity index (χ4n) is 2.31. The van der Waals surface area contributed by atoms with Gasteiger partial charge in [-0.25, -0.2) is 9.37 Å². The molecule has 2 aromatic heterocycles. The molecule has 4 nitrogen and oxygen atoms in total. The van der Waals surface area contributed by atoms with E-state index in [0.29, 0.717) is 29.1 Å². The number of ether oxygens (including phenoxy) is 2. The maximum Gasteiger partial charge on any atom is 0.213 e. The number of fused-ring (bicyclic) bond motifs is 1. The van der Waals surface area contributed by atoms with Gasteiger partial charge in [-0.2, -0.15) is 0 Å². The van der Waals surface area contributed by atoms with Crippen LogP contribution in [0, 0.1) is 12.2 Å². The zero-order valence-corrected chi connectivity index (χ0v) is 11.8. The lowest BCUT2D eigenvalue weighted by Crippen LogP contribution is -2.16. The first-order chi connectivity index (χ1) is 10.3. The molecular formula is C16H16FN2O2. The van der Waals surface area contributed by atoms with Crippen molar-refractivity contribution in [2.75, 3.05) is 13.7 Å². The molecule has 1 fully saturated rings. The summed E-state index contributed by atoms with van der Waals surface area (Å²) >= 11 is 0. The minimum absolute atomic E-state index is 0.0169. The first kappa shape index (κ1) is 13.9. The molecule has 1 atom stereocenters. The summed E-state index contributed by atoms with van der Waals surface area (Å²) in [6, 6.07) is 3.48. The molecule has 0 N–H and O–H groups in total. The lowest BCUT2D eigenvalue weighted by molar-refractivity contribution is 0.0734. The van der Waals surface area contributed by atoms with E-state index in [9.17, 15) is 4.39 Å². The van der Waals surface area contributed by atoms with Crippen molar-refractivity contribution in [3.8, 4) is 5.88 Å². The summed E-state index contributed by atoms with van der Waals surface area (Å²) in [6.45, 7) is 0.640. The van der Waals surface area contributed by atoms with Gasteiger partial charge >= 0.3 is 0 Å². The number of hydrogen-bond acceptors (Lipinski definition) is 4. The molecule has 1 saturated heterocycles. The molecule has 0 bridgehead atoms. The van der Waals surface area contributed by atoms with Crippen LogP contribution < -0.4 is 4.74 Å². The second-order valence-electron chi connectivity index (χ2n) is 4.84. The minimum Gasteiger partial charge on any atom is -0.481 e. The molecule has 1 unspecified atom stereocenters. The highest BCUT2D eigenvalue weighted by Gasteiger charge is 2.13. The van der Waals surface area contributed by atoms with Crippen LogP contribution in [-0.2, 0) is 4.74 Å². The van der Waals surface area contributed by atoms with E-state index >= 15 is 0 Å². The Labute approximate surface area is 122 Å². The van der Waals surface area contributed by atoms with Gasteiger partial charge in [0.25, 0.3) is 0 Å². The molecule has 1 radical (unpaired) electrons. The van der Waals surface area contributed by atoms with Gasteiger partial charge in [-0.05, 0) is 25.3 Å². The van der Waals surface area contributed by atoms with E-state index in [1.807, 2.05) is 6.08 Å². The van der Waals surface area contributed by atoms with Crippen molar-refractivity contribution in [3.63, 3.8) is 0 Å². The van der Waals surface area contributed by atoms with Crippen LogP contribution in [0.2, 0.25) is 0 Å². The van der Waals surface area contributed by atoms with Gasteiger partial charge in [-0.1, -0.05) is 12.2 Å². The molecule has 3 heterocycles. The van der Waals surface area contributed by atoms with Crippen LogP contribution in [-0.4, -0.2) is 29.8 Å². The Morgan fingerprint density at radius 3 is 3.10 bits per heavy atom.